The van der Waals surface area contributed by atoms with Crippen LogP contribution in [0.15, 0.2) is 24.3 Å². The minimum absolute atomic E-state index is 0.0233. The van der Waals surface area contributed by atoms with Crippen molar-refractivity contribution in [3.05, 3.63) is 35.4 Å². The molecule has 4 heteroatoms. The van der Waals surface area contributed by atoms with Gasteiger partial charge in [-0.1, -0.05) is 32.9 Å². The normalized spacial score (nSPS) is 12.8. The molecule has 1 amide bonds. The van der Waals surface area contributed by atoms with Crippen LogP contribution in [0.2, 0.25) is 0 Å². The summed E-state index contributed by atoms with van der Waals surface area (Å²) in [5.74, 6) is -0.210. The van der Waals surface area contributed by atoms with Gasteiger partial charge < -0.3 is 10.4 Å². The van der Waals surface area contributed by atoms with Gasteiger partial charge in [0.2, 0.25) is 0 Å². The summed E-state index contributed by atoms with van der Waals surface area (Å²) < 4.78 is 0. The van der Waals surface area contributed by atoms with Crippen molar-refractivity contribution in [1.82, 2.24) is 5.32 Å². The first-order valence-corrected chi connectivity index (χ1v) is 6.78. The van der Waals surface area contributed by atoms with Crippen molar-refractivity contribution < 1.29 is 14.7 Å². The number of Topliss-reactive ketones (excluding diaryl/α,β-unsaturated/α-hetero) is 1. The van der Waals surface area contributed by atoms with Crippen LogP contribution in [-0.2, 0) is 0 Å². The number of hydrogen-bond donors (Lipinski definition) is 2. The van der Waals surface area contributed by atoms with Gasteiger partial charge in [-0.3, -0.25) is 9.59 Å². The third kappa shape index (κ3) is 4.46. The maximum absolute atomic E-state index is 12.2. The van der Waals surface area contributed by atoms with Crippen molar-refractivity contribution in [1.29, 1.82) is 0 Å². The summed E-state index contributed by atoms with van der Waals surface area (Å²) in [5.41, 5.74) is 0.976. The fraction of sp³-hybridized carbons (Fsp3) is 0.500. The Balaban J connectivity index is 2.81. The van der Waals surface area contributed by atoms with Crippen LogP contribution in [0, 0.1) is 5.41 Å². The predicted octanol–water partition coefficient (Wildman–Crippen LogP) is 2.42. The van der Waals surface area contributed by atoms with Crippen molar-refractivity contribution >= 4 is 11.7 Å². The lowest BCUT2D eigenvalue weighted by Gasteiger charge is -2.31. The van der Waals surface area contributed by atoms with Crippen LogP contribution >= 0.6 is 0 Å². The fourth-order valence-electron chi connectivity index (χ4n) is 1.95. The Labute approximate surface area is 120 Å². The lowest BCUT2D eigenvalue weighted by molar-refractivity contribution is 0.0884. The van der Waals surface area contributed by atoms with E-state index in [0.717, 1.165) is 0 Å². The van der Waals surface area contributed by atoms with Crippen LogP contribution in [0.25, 0.3) is 0 Å². The Morgan fingerprint density at radius 3 is 2.05 bits per heavy atom. The topological polar surface area (TPSA) is 66.4 Å². The van der Waals surface area contributed by atoms with E-state index < -0.39 is 0 Å². The van der Waals surface area contributed by atoms with Crippen molar-refractivity contribution in [2.45, 2.75) is 40.2 Å². The second kappa shape index (κ2) is 6.66. The first-order chi connectivity index (χ1) is 9.25. The standard InChI is InChI=1S/C16H23NO3/c1-11(19)12-5-7-13(8-6-12)15(20)17-14(9-10-18)16(2,3)4/h5-8,14,18H,9-10H2,1-4H3,(H,17,20). The monoisotopic (exact) mass is 277 g/mol. The van der Waals surface area contributed by atoms with E-state index in [1.54, 1.807) is 24.3 Å². The Morgan fingerprint density at radius 2 is 1.65 bits per heavy atom. The average molecular weight is 277 g/mol. The first-order valence-electron chi connectivity index (χ1n) is 6.78. The van der Waals surface area contributed by atoms with Crippen molar-refractivity contribution in [3.63, 3.8) is 0 Å². The molecule has 0 radical (unpaired) electrons. The summed E-state index contributed by atoms with van der Waals surface area (Å²) in [5, 5.41) is 12.0. The highest BCUT2D eigenvalue weighted by Crippen LogP contribution is 2.22. The summed E-state index contributed by atoms with van der Waals surface area (Å²) in [6, 6.07) is 6.48. The van der Waals surface area contributed by atoms with Crippen molar-refractivity contribution in [2.75, 3.05) is 6.61 Å². The van der Waals surface area contributed by atoms with Crippen LogP contribution in [0.1, 0.15) is 54.8 Å². The second-order valence-electron chi connectivity index (χ2n) is 6.04. The molecule has 0 saturated heterocycles. The summed E-state index contributed by atoms with van der Waals surface area (Å²) >= 11 is 0. The maximum atomic E-state index is 12.2. The van der Waals surface area contributed by atoms with Crippen LogP contribution in [0.4, 0.5) is 0 Å². The van der Waals surface area contributed by atoms with E-state index in [0.29, 0.717) is 17.5 Å². The molecule has 4 nitrogen and oxygen atoms in total. The van der Waals surface area contributed by atoms with E-state index in [2.05, 4.69) is 5.32 Å². The van der Waals surface area contributed by atoms with Crippen molar-refractivity contribution in [3.8, 4) is 0 Å². The van der Waals surface area contributed by atoms with Gasteiger partial charge in [-0.05, 0) is 30.9 Å². The van der Waals surface area contributed by atoms with Gasteiger partial charge in [0, 0.05) is 23.8 Å². The molecule has 0 heterocycles. The molecule has 0 aliphatic heterocycles. The van der Waals surface area contributed by atoms with Crippen molar-refractivity contribution in [2.24, 2.45) is 5.41 Å². The third-order valence-electron chi connectivity index (χ3n) is 3.32. The molecule has 0 spiro atoms. The Hall–Kier alpha value is -1.68. The minimum atomic E-state index is -0.187. The summed E-state index contributed by atoms with van der Waals surface area (Å²) in [6.45, 7) is 7.59. The van der Waals surface area contributed by atoms with Crippen LogP contribution in [-0.4, -0.2) is 29.4 Å². The van der Waals surface area contributed by atoms with Crippen LogP contribution in [0.5, 0.6) is 0 Å². The Bertz CT molecular complexity index is 471. The summed E-state index contributed by atoms with van der Waals surface area (Å²) in [6.07, 6.45) is 0.515. The lowest BCUT2D eigenvalue weighted by atomic mass is 9.84. The zero-order valence-corrected chi connectivity index (χ0v) is 12.6. The van der Waals surface area contributed by atoms with Crippen LogP contribution < -0.4 is 5.32 Å². The second-order valence-corrected chi connectivity index (χ2v) is 6.04. The predicted molar refractivity (Wildman–Crippen MR) is 78.9 cm³/mol. The van der Waals surface area contributed by atoms with Crippen LogP contribution in [0.3, 0.4) is 0 Å². The summed E-state index contributed by atoms with van der Waals surface area (Å²) in [4.78, 5) is 23.4. The Morgan fingerprint density at radius 1 is 1.15 bits per heavy atom. The summed E-state index contributed by atoms with van der Waals surface area (Å²) in [7, 11) is 0. The highest BCUT2D eigenvalue weighted by atomic mass is 16.3. The van der Waals surface area contributed by atoms with Gasteiger partial charge in [0.25, 0.3) is 5.91 Å². The van der Waals surface area contributed by atoms with Gasteiger partial charge in [0.1, 0.15) is 0 Å². The number of benzene rings is 1. The van der Waals surface area contributed by atoms with Gasteiger partial charge in [0.15, 0.2) is 5.78 Å². The van der Waals surface area contributed by atoms with E-state index in [1.165, 1.54) is 6.92 Å². The fourth-order valence-corrected chi connectivity index (χ4v) is 1.95. The highest BCUT2D eigenvalue weighted by Gasteiger charge is 2.26. The molecule has 0 aliphatic rings. The van der Waals surface area contributed by atoms with Gasteiger partial charge in [-0.25, -0.2) is 0 Å². The quantitative estimate of drug-likeness (QED) is 0.812. The number of aliphatic hydroxyl groups excluding tert-OH is 1. The van der Waals surface area contributed by atoms with Gasteiger partial charge >= 0.3 is 0 Å². The van der Waals surface area contributed by atoms with E-state index >= 15 is 0 Å². The molecule has 2 N–H and O–H groups in total. The van der Waals surface area contributed by atoms with Gasteiger partial charge in [-0.2, -0.15) is 0 Å². The molecular weight excluding hydrogens is 254 g/mol. The molecule has 1 aromatic rings. The number of hydrogen-bond acceptors (Lipinski definition) is 3. The molecule has 1 unspecified atom stereocenters. The molecule has 1 atom stereocenters. The molecule has 0 fully saturated rings. The smallest absolute Gasteiger partial charge is 0.251 e. The number of nitrogens with one attached hydrogen (secondary N) is 1. The molecule has 110 valence electrons. The van der Waals surface area contributed by atoms with Gasteiger partial charge in [0.05, 0.1) is 0 Å². The minimum Gasteiger partial charge on any atom is -0.396 e. The van der Waals surface area contributed by atoms with E-state index in [1.807, 2.05) is 20.8 Å². The number of carbonyl (C=O) groups excluding carboxylic acids is 2. The molecule has 0 saturated carbocycles. The van der Waals surface area contributed by atoms with Gasteiger partial charge in [-0.15, -0.1) is 0 Å². The number of ketones is 1. The molecule has 0 aliphatic carbocycles. The molecule has 0 aromatic heterocycles. The zero-order chi connectivity index (χ0) is 15.3. The zero-order valence-electron chi connectivity index (χ0n) is 12.6. The lowest BCUT2D eigenvalue weighted by Crippen LogP contribution is -2.44. The molecule has 1 rings (SSSR count). The SMILES string of the molecule is CC(=O)c1ccc(C(=O)NC(CCO)C(C)(C)C)cc1. The molecule has 0 bridgehead atoms. The number of rotatable bonds is 5. The first kappa shape index (κ1) is 16.4. The highest BCUT2D eigenvalue weighted by molar-refractivity contribution is 5.97. The van der Waals surface area contributed by atoms with E-state index in [-0.39, 0.29) is 29.8 Å². The number of aliphatic hydroxyl groups is 1. The largest absolute Gasteiger partial charge is 0.396 e. The molecule has 1 aromatic carbocycles. The Kier molecular flexibility index (Phi) is 5.45. The molecular formula is C16H23NO3. The third-order valence-corrected chi connectivity index (χ3v) is 3.32. The maximum Gasteiger partial charge on any atom is 0.251 e. The van der Waals surface area contributed by atoms with E-state index in [9.17, 15) is 9.59 Å². The van der Waals surface area contributed by atoms with E-state index in [4.69, 9.17) is 5.11 Å². The number of amides is 1. The number of carbonyl (C=O) groups is 2. The average Bonchev–Trinajstić information content (AvgIpc) is 2.37. The molecule has 20 heavy (non-hydrogen) atoms.